The van der Waals surface area contributed by atoms with E-state index in [1.54, 1.807) is 0 Å². The minimum absolute atomic E-state index is 0.0109. The molecule has 3 nitrogen and oxygen atoms in total. The van der Waals surface area contributed by atoms with Crippen molar-refractivity contribution in [1.82, 2.24) is 5.32 Å². The molecule has 0 aromatic heterocycles. The van der Waals surface area contributed by atoms with Crippen molar-refractivity contribution < 1.29 is 14.2 Å². The standard InChI is InChI=1S/C13H18FNO2/c1-13(4-6-17-7-5-13)15-9-10-8-11(14)2-3-12(10)16/h2-3,8,15-16H,4-7,9H2,1H3. The van der Waals surface area contributed by atoms with Crippen LogP contribution in [0.15, 0.2) is 18.2 Å². The van der Waals surface area contributed by atoms with Crippen molar-refractivity contribution in [2.45, 2.75) is 31.8 Å². The quantitative estimate of drug-likeness (QED) is 0.849. The molecule has 1 aromatic rings. The molecule has 1 fully saturated rings. The van der Waals surface area contributed by atoms with Crippen LogP contribution in [0.5, 0.6) is 5.75 Å². The number of benzene rings is 1. The molecule has 0 aliphatic carbocycles. The number of halogens is 1. The number of hydrogen-bond acceptors (Lipinski definition) is 3. The highest BCUT2D eigenvalue weighted by Gasteiger charge is 2.26. The Morgan fingerprint density at radius 3 is 2.82 bits per heavy atom. The van der Waals surface area contributed by atoms with Gasteiger partial charge in [-0.2, -0.15) is 0 Å². The molecule has 2 N–H and O–H groups in total. The zero-order valence-electron chi connectivity index (χ0n) is 10.0. The van der Waals surface area contributed by atoms with Gasteiger partial charge in [-0.3, -0.25) is 0 Å². The summed E-state index contributed by atoms with van der Waals surface area (Å²) in [5, 5.41) is 13.0. The molecular formula is C13H18FNO2. The molecule has 94 valence electrons. The van der Waals surface area contributed by atoms with Gasteiger partial charge in [0.2, 0.25) is 0 Å². The highest BCUT2D eigenvalue weighted by atomic mass is 19.1. The number of phenols is 1. The van der Waals surface area contributed by atoms with Crippen molar-refractivity contribution in [3.8, 4) is 5.75 Å². The van der Waals surface area contributed by atoms with Gasteiger partial charge >= 0.3 is 0 Å². The van der Waals surface area contributed by atoms with Gasteiger partial charge in [0.1, 0.15) is 11.6 Å². The van der Waals surface area contributed by atoms with Gasteiger partial charge in [0.05, 0.1) is 0 Å². The number of rotatable bonds is 3. The lowest BCUT2D eigenvalue weighted by molar-refractivity contribution is 0.0445. The molecule has 17 heavy (non-hydrogen) atoms. The highest BCUT2D eigenvalue weighted by Crippen LogP contribution is 2.23. The summed E-state index contributed by atoms with van der Waals surface area (Å²) in [6, 6.07) is 4.01. The fraction of sp³-hybridized carbons (Fsp3) is 0.538. The second kappa shape index (κ2) is 5.02. The fourth-order valence-electron chi connectivity index (χ4n) is 2.00. The summed E-state index contributed by atoms with van der Waals surface area (Å²) in [5.41, 5.74) is 0.606. The van der Waals surface area contributed by atoms with Crippen LogP contribution in [0.4, 0.5) is 4.39 Å². The molecule has 0 unspecified atom stereocenters. The third-order valence-corrected chi connectivity index (χ3v) is 3.34. The first-order valence-corrected chi connectivity index (χ1v) is 5.89. The van der Waals surface area contributed by atoms with E-state index in [1.165, 1.54) is 18.2 Å². The molecule has 1 aliphatic rings. The van der Waals surface area contributed by atoms with Crippen molar-refractivity contribution in [3.63, 3.8) is 0 Å². The predicted octanol–water partition coefficient (Wildman–Crippen LogP) is 2.19. The molecule has 0 spiro atoms. The Morgan fingerprint density at radius 1 is 1.41 bits per heavy atom. The SMILES string of the molecule is CC1(NCc2cc(F)ccc2O)CCOCC1. The first kappa shape index (κ1) is 12.3. The van der Waals surface area contributed by atoms with Gasteiger partial charge in [-0.25, -0.2) is 4.39 Å². The zero-order chi connectivity index (χ0) is 12.3. The summed E-state index contributed by atoms with van der Waals surface area (Å²) in [7, 11) is 0. The molecule has 0 atom stereocenters. The van der Waals surface area contributed by atoms with Gasteiger partial charge in [0, 0.05) is 30.9 Å². The number of aromatic hydroxyl groups is 1. The van der Waals surface area contributed by atoms with Gasteiger partial charge in [-0.1, -0.05) is 0 Å². The van der Waals surface area contributed by atoms with Crippen LogP contribution in [0.1, 0.15) is 25.3 Å². The summed E-state index contributed by atoms with van der Waals surface area (Å²) in [5.74, 6) is -0.189. The Morgan fingerprint density at radius 2 is 2.12 bits per heavy atom. The summed E-state index contributed by atoms with van der Waals surface area (Å²) in [6.07, 6.45) is 1.87. The van der Waals surface area contributed by atoms with E-state index in [0.717, 1.165) is 26.1 Å². The second-order valence-corrected chi connectivity index (χ2v) is 4.80. The van der Waals surface area contributed by atoms with Gasteiger partial charge in [0.15, 0.2) is 0 Å². The lowest BCUT2D eigenvalue weighted by Crippen LogP contribution is -2.46. The highest BCUT2D eigenvalue weighted by molar-refractivity contribution is 5.32. The molecule has 0 bridgehead atoms. The Kier molecular flexibility index (Phi) is 3.64. The lowest BCUT2D eigenvalue weighted by atomic mass is 9.92. The Bertz CT molecular complexity index is 389. The van der Waals surface area contributed by atoms with Crippen molar-refractivity contribution >= 4 is 0 Å². The number of phenolic OH excluding ortho intramolecular Hbond substituents is 1. The smallest absolute Gasteiger partial charge is 0.123 e. The van der Waals surface area contributed by atoms with Gasteiger partial charge in [-0.05, 0) is 38.0 Å². The van der Waals surface area contributed by atoms with E-state index in [0.29, 0.717) is 12.1 Å². The molecule has 0 saturated carbocycles. The van der Waals surface area contributed by atoms with E-state index in [4.69, 9.17) is 4.74 Å². The first-order chi connectivity index (χ1) is 8.09. The molecule has 0 amide bonds. The summed E-state index contributed by atoms with van der Waals surface area (Å²) < 4.78 is 18.4. The van der Waals surface area contributed by atoms with Crippen LogP contribution in [0.25, 0.3) is 0 Å². The third-order valence-electron chi connectivity index (χ3n) is 3.34. The van der Waals surface area contributed by atoms with Crippen LogP contribution in [-0.4, -0.2) is 23.9 Å². The maximum absolute atomic E-state index is 13.0. The molecule has 2 rings (SSSR count). The Hall–Kier alpha value is -1.13. The first-order valence-electron chi connectivity index (χ1n) is 5.89. The van der Waals surface area contributed by atoms with Gasteiger partial charge < -0.3 is 15.2 Å². The van der Waals surface area contributed by atoms with E-state index in [2.05, 4.69) is 12.2 Å². The molecule has 0 radical (unpaired) electrons. The average molecular weight is 239 g/mol. The number of ether oxygens (including phenoxy) is 1. The maximum Gasteiger partial charge on any atom is 0.123 e. The minimum Gasteiger partial charge on any atom is -0.508 e. The van der Waals surface area contributed by atoms with Crippen molar-refractivity contribution in [2.24, 2.45) is 0 Å². The summed E-state index contributed by atoms with van der Waals surface area (Å²) in [4.78, 5) is 0. The number of nitrogens with one attached hydrogen (secondary N) is 1. The summed E-state index contributed by atoms with van der Waals surface area (Å²) >= 11 is 0. The minimum atomic E-state index is -0.322. The van der Waals surface area contributed by atoms with Crippen molar-refractivity contribution in [2.75, 3.05) is 13.2 Å². The van der Waals surface area contributed by atoms with Gasteiger partial charge in [-0.15, -0.1) is 0 Å². The lowest BCUT2D eigenvalue weighted by Gasteiger charge is -2.34. The predicted molar refractivity (Wildman–Crippen MR) is 63.4 cm³/mol. The van der Waals surface area contributed by atoms with Crippen LogP contribution < -0.4 is 5.32 Å². The molecule has 1 saturated heterocycles. The largest absolute Gasteiger partial charge is 0.508 e. The van der Waals surface area contributed by atoms with E-state index < -0.39 is 0 Å². The van der Waals surface area contributed by atoms with Gasteiger partial charge in [0.25, 0.3) is 0 Å². The van der Waals surface area contributed by atoms with E-state index in [-0.39, 0.29) is 17.1 Å². The molecule has 1 aliphatic heterocycles. The molecule has 1 aromatic carbocycles. The normalized spacial score (nSPS) is 19.2. The fourth-order valence-corrected chi connectivity index (χ4v) is 2.00. The Balaban J connectivity index is 1.99. The van der Waals surface area contributed by atoms with Crippen LogP contribution in [0, 0.1) is 5.82 Å². The molecular weight excluding hydrogens is 221 g/mol. The van der Waals surface area contributed by atoms with E-state index in [1.807, 2.05) is 0 Å². The zero-order valence-corrected chi connectivity index (χ0v) is 10.0. The van der Waals surface area contributed by atoms with Crippen LogP contribution in [-0.2, 0) is 11.3 Å². The summed E-state index contributed by atoms with van der Waals surface area (Å²) in [6.45, 7) is 4.10. The maximum atomic E-state index is 13.0. The third kappa shape index (κ3) is 3.17. The topological polar surface area (TPSA) is 41.5 Å². The number of hydrogen-bond donors (Lipinski definition) is 2. The molecule has 4 heteroatoms. The Labute approximate surface area is 101 Å². The van der Waals surface area contributed by atoms with Crippen LogP contribution in [0.3, 0.4) is 0 Å². The average Bonchev–Trinajstić information content (AvgIpc) is 2.31. The molecule has 1 heterocycles. The van der Waals surface area contributed by atoms with Crippen LogP contribution in [0.2, 0.25) is 0 Å². The van der Waals surface area contributed by atoms with Crippen LogP contribution >= 0.6 is 0 Å². The van der Waals surface area contributed by atoms with Crippen molar-refractivity contribution in [1.29, 1.82) is 0 Å². The monoisotopic (exact) mass is 239 g/mol. The van der Waals surface area contributed by atoms with Crippen molar-refractivity contribution in [3.05, 3.63) is 29.6 Å². The van der Waals surface area contributed by atoms with E-state index >= 15 is 0 Å². The van der Waals surface area contributed by atoms with E-state index in [9.17, 15) is 9.50 Å². The second-order valence-electron chi connectivity index (χ2n) is 4.80.